The smallest absolute Gasteiger partial charge is 0.307 e. The minimum Gasteiger partial charge on any atom is -0.481 e. The van der Waals surface area contributed by atoms with Crippen LogP contribution in [-0.2, 0) is 19.2 Å². The van der Waals surface area contributed by atoms with Crippen molar-refractivity contribution < 1.29 is 29.4 Å². The van der Waals surface area contributed by atoms with Gasteiger partial charge in [-0.3, -0.25) is 19.2 Å². The first kappa shape index (κ1) is 21.8. The van der Waals surface area contributed by atoms with Crippen molar-refractivity contribution in [1.82, 2.24) is 0 Å². The second kappa shape index (κ2) is 9.73. The van der Waals surface area contributed by atoms with Crippen LogP contribution in [0.4, 0.5) is 11.4 Å². The van der Waals surface area contributed by atoms with Gasteiger partial charge in [0.05, 0.1) is 23.7 Å². The van der Waals surface area contributed by atoms with E-state index in [2.05, 4.69) is 10.6 Å². The van der Waals surface area contributed by atoms with Crippen LogP contribution in [0.3, 0.4) is 0 Å². The second-order valence-electron chi connectivity index (χ2n) is 8.23. The van der Waals surface area contributed by atoms with Crippen LogP contribution < -0.4 is 10.6 Å². The van der Waals surface area contributed by atoms with Crippen LogP contribution in [0.5, 0.6) is 0 Å². The van der Waals surface area contributed by atoms with Gasteiger partial charge in [0.15, 0.2) is 0 Å². The SMILES string of the molecule is O=C(O)[C@H]1CCCC[C@@H]1C(=O)Nc1ccc(NC(=O)[C@H]2CCCC[C@H]2C(=O)O)cc1. The lowest BCUT2D eigenvalue weighted by Crippen LogP contribution is -2.36. The molecule has 0 spiro atoms. The lowest BCUT2D eigenvalue weighted by molar-refractivity contribution is -0.148. The van der Waals surface area contributed by atoms with E-state index in [-0.39, 0.29) is 11.8 Å². The first-order chi connectivity index (χ1) is 14.4. The van der Waals surface area contributed by atoms with Crippen molar-refractivity contribution in [3.05, 3.63) is 24.3 Å². The Balaban J connectivity index is 1.59. The zero-order chi connectivity index (χ0) is 21.7. The van der Waals surface area contributed by atoms with Crippen molar-refractivity contribution in [2.24, 2.45) is 23.7 Å². The maximum atomic E-state index is 12.6. The fourth-order valence-electron chi connectivity index (χ4n) is 4.59. The van der Waals surface area contributed by atoms with Gasteiger partial charge in [0.2, 0.25) is 11.8 Å². The molecule has 0 radical (unpaired) electrons. The lowest BCUT2D eigenvalue weighted by atomic mass is 9.78. The maximum Gasteiger partial charge on any atom is 0.307 e. The fourth-order valence-corrected chi connectivity index (χ4v) is 4.59. The molecule has 0 bridgehead atoms. The first-order valence-corrected chi connectivity index (χ1v) is 10.5. The molecule has 2 aliphatic carbocycles. The molecule has 2 saturated carbocycles. The molecule has 1 aromatic rings. The molecular weight excluding hydrogens is 388 g/mol. The molecular formula is C22H28N2O6. The van der Waals surface area contributed by atoms with Gasteiger partial charge in [-0.05, 0) is 49.9 Å². The van der Waals surface area contributed by atoms with Crippen LogP contribution in [0, 0.1) is 23.7 Å². The predicted molar refractivity (Wildman–Crippen MR) is 110 cm³/mol. The highest BCUT2D eigenvalue weighted by atomic mass is 16.4. The van der Waals surface area contributed by atoms with Gasteiger partial charge >= 0.3 is 11.9 Å². The fraction of sp³-hybridized carbons (Fsp3) is 0.545. The summed E-state index contributed by atoms with van der Waals surface area (Å²) in [4.78, 5) is 47.9. The molecule has 4 N–H and O–H groups in total. The summed E-state index contributed by atoms with van der Waals surface area (Å²) in [7, 11) is 0. The lowest BCUT2D eigenvalue weighted by Gasteiger charge is -2.27. The summed E-state index contributed by atoms with van der Waals surface area (Å²) in [5, 5.41) is 24.2. The summed E-state index contributed by atoms with van der Waals surface area (Å²) in [5.74, 6) is -4.88. The Morgan fingerprint density at radius 1 is 0.600 bits per heavy atom. The van der Waals surface area contributed by atoms with Gasteiger partial charge < -0.3 is 20.8 Å². The van der Waals surface area contributed by atoms with Crippen molar-refractivity contribution in [2.75, 3.05) is 10.6 Å². The van der Waals surface area contributed by atoms with Gasteiger partial charge in [0.25, 0.3) is 0 Å². The highest BCUT2D eigenvalue weighted by Gasteiger charge is 2.36. The van der Waals surface area contributed by atoms with Crippen LogP contribution >= 0.6 is 0 Å². The Morgan fingerprint density at radius 2 is 0.900 bits per heavy atom. The number of hydrogen-bond donors (Lipinski definition) is 4. The summed E-state index contributed by atoms with van der Waals surface area (Å²) in [5.41, 5.74) is 1.04. The third-order valence-corrected chi connectivity index (χ3v) is 6.26. The molecule has 4 atom stereocenters. The number of carboxylic acid groups (broad SMARTS) is 2. The topological polar surface area (TPSA) is 133 Å². The van der Waals surface area contributed by atoms with Gasteiger partial charge in [-0.1, -0.05) is 25.7 Å². The van der Waals surface area contributed by atoms with Crippen LogP contribution in [0.1, 0.15) is 51.4 Å². The number of amides is 2. The Morgan fingerprint density at radius 3 is 1.20 bits per heavy atom. The van der Waals surface area contributed by atoms with Gasteiger partial charge in [-0.25, -0.2) is 0 Å². The number of nitrogens with one attached hydrogen (secondary N) is 2. The molecule has 1 aromatic carbocycles. The molecule has 2 amide bonds. The van der Waals surface area contributed by atoms with Crippen molar-refractivity contribution >= 4 is 35.1 Å². The van der Waals surface area contributed by atoms with E-state index in [1.54, 1.807) is 24.3 Å². The van der Waals surface area contributed by atoms with E-state index in [1.165, 1.54) is 0 Å². The Bertz CT molecular complexity index is 739. The normalized spacial score (nSPS) is 26.4. The summed E-state index contributed by atoms with van der Waals surface area (Å²) < 4.78 is 0. The molecule has 0 unspecified atom stereocenters. The maximum absolute atomic E-state index is 12.6. The van der Waals surface area contributed by atoms with Crippen molar-refractivity contribution in [3.8, 4) is 0 Å². The molecule has 0 aromatic heterocycles. The van der Waals surface area contributed by atoms with Crippen LogP contribution in [-0.4, -0.2) is 34.0 Å². The van der Waals surface area contributed by atoms with Gasteiger partial charge in [-0.2, -0.15) is 0 Å². The monoisotopic (exact) mass is 416 g/mol. The van der Waals surface area contributed by atoms with E-state index in [0.717, 1.165) is 25.7 Å². The van der Waals surface area contributed by atoms with E-state index in [9.17, 15) is 29.4 Å². The van der Waals surface area contributed by atoms with Crippen LogP contribution in [0.25, 0.3) is 0 Å². The second-order valence-corrected chi connectivity index (χ2v) is 8.23. The number of carbonyl (C=O) groups excluding carboxylic acids is 2. The third kappa shape index (κ3) is 5.17. The Kier molecular flexibility index (Phi) is 7.07. The quantitative estimate of drug-likeness (QED) is 0.562. The highest BCUT2D eigenvalue weighted by Crippen LogP contribution is 2.32. The largest absolute Gasteiger partial charge is 0.481 e. The minimum atomic E-state index is -0.935. The molecule has 0 aliphatic heterocycles. The first-order valence-electron chi connectivity index (χ1n) is 10.5. The zero-order valence-electron chi connectivity index (χ0n) is 16.8. The highest BCUT2D eigenvalue weighted by molar-refractivity contribution is 5.97. The molecule has 8 heteroatoms. The molecule has 0 heterocycles. The minimum absolute atomic E-state index is 0.301. The molecule has 3 rings (SSSR count). The Hall–Kier alpha value is -2.90. The summed E-state index contributed by atoms with van der Waals surface area (Å²) in [6.45, 7) is 0. The van der Waals surface area contributed by atoms with Crippen molar-refractivity contribution in [2.45, 2.75) is 51.4 Å². The average molecular weight is 416 g/mol. The average Bonchev–Trinajstić information content (AvgIpc) is 2.75. The van der Waals surface area contributed by atoms with E-state index >= 15 is 0 Å². The molecule has 8 nitrogen and oxygen atoms in total. The number of rotatable bonds is 6. The third-order valence-electron chi connectivity index (χ3n) is 6.26. The van der Waals surface area contributed by atoms with Crippen LogP contribution in [0.15, 0.2) is 24.3 Å². The summed E-state index contributed by atoms with van der Waals surface area (Å²) in [6, 6.07) is 6.56. The van der Waals surface area contributed by atoms with E-state index in [0.29, 0.717) is 37.1 Å². The standard InChI is InChI=1S/C22H28N2O6/c25-19(15-5-1-3-7-17(15)21(27)28)23-13-9-11-14(12-10-13)24-20(26)16-6-2-4-8-18(16)22(29)30/h9-12,15-18H,1-8H2,(H,23,25)(H,24,26)(H,27,28)(H,29,30)/t15-,16-,17-,18+/m0/s1. The van der Waals surface area contributed by atoms with Gasteiger partial charge in [0.1, 0.15) is 0 Å². The number of carbonyl (C=O) groups is 4. The number of hydrogen-bond acceptors (Lipinski definition) is 4. The molecule has 2 fully saturated rings. The molecule has 2 aliphatic rings. The number of benzene rings is 1. The van der Waals surface area contributed by atoms with Gasteiger partial charge in [0, 0.05) is 11.4 Å². The zero-order valence-corrected chi connectivity index (χ0v) is 16.8. The molecule has 30 heavy (non-hydrogen) atoms. The summed E-state index contributed by atoms with van der Waals surface area (Å²) >= 11 is 0. The molecule has 162 valence electrons. The Labute approximate surface area is 175 Å². The van der Waals surface area contributed by atoms with Crippen LogP contribution in [0.2, 0.25) is 0 Å². The predicted octanol–water partition coefficient (Wildman–Crippen LogP) is 3.35. The van der Waals surface area contributed by atoms with Crippen molar-refractivity contribution in [1.29, 1.82) is 0 Å². The van der Waals surface area contributed by atoms with E-state index < -0.39 is 35.6 Å². The summed E-state index contributed by atoms with van der Waals surface area (Å²) in [6.07, 6.45) is 5.45. The number of anilines is 2. The number of aliphatic carboxylic acids is 2. The van der Waals surface area contributed by atoms with Crippen molar-refractivity contribution in [3.63, 3.8) is 0 Å². The van der Waals surface area contributed by atoms with E-state index in [1.807, 2.05) is 0 Å². The van der Waals surface area contributed by atoms with Gasteiger partial charge in [-0.15, -0.1) is 0 Å². The molecule has 0 saturated heterocycles. The van der Waals surface area contributed by atoms with E-state index in [4.69, 9.17) is 0 Å². The number of carboxylic acids is 2.